The molecule has 0 aliphatic heterocycles. The lowest BCUT2D eigenvalue weighted by molar-refractivity contribution is 0.104. The summed E-state index contributed by atoms with van der Waals surface area (Å²) in [5, 5.41) is 0. The fraction of sp³-hybridized carbons (Fsp3) is 0.192. The smallest absolute Gasteiger partial charge is 0.203 e. The second-order valence-corrected chi connectivity index (χ2v) is 6.80. The number of benzene rings is 3. The highest BCUT2D eigenvalue weighted by atomic mass is 16.5. The average Bonchev–Trinajstić information content (AvgIpc) is 2.86. The maximum Gasteiger partial charge on any atom is 0.203 e. The fourth-order valence-corrected chi connectivity index (χ4v) is 3.14. The summed E-state index contributed by atoms with van der Waals surface area (Å²) in [6, 6.07) is 15.7. The van der Waals surface area contributed by atoms with Crippen molar-refractivity contribution in [3.05, 3.63) is 71.8 Å². The lowest BCUT2D eigenvalue weighted by Gasteiger charge is -2.16. The summed E-state index contributed by atoms with van der Waals surface area (Å²) in [5.74, 6) is 3.11. The van der Waals surface area contributed by atoms with Gasteiger partial charge in [0, 0.05) is 18.2 Å². The zero-order valence-corrected chi connectivity index (χ0v) is 19.2. The first-order valence-electron chi connectivity index (χ1n) is 10.0. The molecular formula is C26H26O7. The Morgan fingerprint density at radius 1 is 0.636 bits per heavy atom. The first-order valence-corrected chi connectivity index (χ1v) is 10.0. The van der Waals surface area contributed by atoms with Crippen LogP contribution in [0.1, 0.15) is 15.9 Å². The van der Waals surface area contributed by atoms with Crippen molar-refractivity contribution in [3.63, 3.8) is 0 Å². The molecule has 0 atom stereocenters. The first-order chi connectivity index (χ1) is 16.0. The molecule has 7 nitrogen and oxygen atoms in total. The van der Waals surface area contributed by atoms with Gasteiger partial charge in [0.05, 0.1) is 41.1 Å². The molecule has 0 saturated carbocycles. The first kappa shape index (κ1) is 23.5. The molecule has 0 aromatic heterocycles. The van der Waals surface area contributed by atoms with Crippen LogP contribution < -0.4 is 28.4 Å². The molecule has 0 saturated heterocycles. The topological polar surface area (TPSA) is 72.5 Å². The minimum Gasteiger partial charge on any atom is -0.497 e. The molecule has 0 fully saturated rings. The van der Waals surface area contributed by atoms with E-state index in [-0.39, 0.29) is 5.78 Å². The van der Waals surface area contributed by atoms with Crippen molar-refractivity contribution in [2.75, 3.05) is 35.5 Å². The number of carbonyl (C=O) groups excluding carboxylic acids is 1. The molecule has 0 bridgehead atoms. The maximum atomic E-state index is 13.0. The Morgan fingerprint density at radius 3 is 1.76 bits per heavy atom. The van der Waals surface area contributed by atoms with Gasteiger partial charge in [-0.05, 0) is 35.9 Å². The van der Waals surface area contributed by atoms with Gasteiger partial charge in [0.2, 0.25) is 5.75 Å². The molecule has 0 N–H and O–H groups in total. The van der Waals surface area contributed by atoms with Gasteiger partial charge >= 0.3 is 0 Å². The van der Waals surface area contributed by atoms with Crippen LogP contribution in [0.5, 0.6) is 40.2 Å². The van der Waals surface area contributed by atoms with E-state index in [0.717, 1.165) is 11.3 Å². The Kier molecular flexibility index (Phi) is 7.81. The molecule has 7 heteroatoms. The van der Waals surface area contributed by atoms with Crippen molar-refractivity contribution in [1.82, 2.24) is 0 Å². The van der Waals surface area contributed by atoms with Gasteiger partial charge in [-0.25, -0.2) is 0 Å². The number of hydrogen-bond acceptors (Lipinski definition) is 7. The molecule has 33 heavy (non-hydrogen) atoms. The Hall–Kier alpha value is -4.13. The molecule has 3 aromatic carbocycles. The summed E-state index contributed by atoms with van der Waals surface area (Å²) in [4.78, 5) is 13.0. The molecule has 0 aliphatic carbocycles. The Morgan fingerprint density at radius 2 is 1.21 bits per heavy atom. The van der Waals surface area contributed by atoms with E-state index >= 15 is 0 Å². The van der Waals surface area contributed by atoms with Crippen molar-refractivity contribution in [2.45, 2.75) is 0 Å². The fourth-order valence-electron chi connectivity index (χ4n) is 3.14. The van der Waals surface area contributed by atoms with Gasteiger partial charge in [-0.3, -0.25) is 4.79 Å². The van der Waals surface area contributed by atoms with Crippen molar-refractivity contribution < 1.29 is 33.2 Å². The monoisotopic (exact) mass is 450 g/mol. The van der Waals surface area contributed by atoms with Crippen LogP contribution in [0.25, 0.3) is 6.08 Å². The zero-order chi connectivity index (χ0) is 23.8. The summed E-state index contributed by atoms with van der Waals surface area (Å²) in [7, 11) is 7.71. The third-order valence-electron chi connectivity index (χ3n) is 4.86. The summed E-state index contributed by atoms with van der Waals surface area (Å²) in [6.07, 6.45) is 3.22. The van der Waals surface area contributed by atoms with Gasteiger partial charge < -0.3 is 28.4 Å². The number of allylic oxidation sites excluding steroid dienone is 1. The third-order valence-corrected chi connectivity index (χ3v) is 4.86. The maximum absolute atomic E-state index is 13.0. The van der Waals surface area contributed by atoms with Gasteiger partial charge in [-0.15, -0.1) is 0 Å². The molecule has 3 aromatic rings. The molecule has 172 valence electrons. The zero-order valence-electron chi connectivity index (χ0n) is 19.2. The van der Waals surface area contributed by atoms with Crippen molar-refractivity contribution >= 4 is 11.9 Å². The molecule has 0 aliphatic rings. The van der Waals surface area contributed by atoms with Crippen molar-refractivity contribution in [2.24, 2.45) is 0 Å². The van der Waals surface area contributed by atoms with Crippen LogP contribution in [0.4, 0.5) is 0 Å². The Balaban J connectivity index is 1.94. The molecule has 0 amide bonds. The van der Waals surface area contributed by atoms with Gasteiger partial charge in [0.1, 0.15) is 23.0 Å². The SMILES string of the molecule is COc1ccc(/C=C/C(=O)c2ccc(OC)cc2Oc2cc(OC)c(OC)c(OC)c2)cc1. The Labute approximate surface area is 193 Å². The van der Waals surface area contributed by atoms with Crippen LogP contribution in [0, 0.1) is 0 Å². The molecule has 0 unspecified atom stereocenters. The van der Waals surface area contributed by atoms with Crippen LogP contribution >= 0.6 is 0 Å². The molecular weight excluding hydrogens is 424 g/mol. The van der Waals surface area contributed by atoms with Crippen LogP contribution in [0.3, 0.4) is 0 Å². The number of ketones is 1. The van der Waals surface area contributed by atoms with E-state index in [9.17, 15) is 4.79 Å². The molecule has 3 rings (SSSR count). The van der Waals surface area contributed by atoms with Crippen LogP contribution in [-0.2, 0) is 0 Å². The summed E-state index contributed by atoms with van der Waals surface area (Å²) < 4.78 is 32.7. The number of carbonyl (C=O) groups is 1. The van der Waals surface area contributed by atoms with E-state index in [1.807, 2.05) is 24.3 Å². The highest BCUT2D eigenvalue weighted by molar-refractivity contribution is 6.08. The quantitative estimate of drug-likeness (QED) is 0.302. The van der Waals surface area contributed by atoms with E-state index in [1.54, 1.807) is 50.6 Å². The Bertz CT molecular complexity index is 1110. The minimum absolute atomic E-state index is 0.226. The normalized spacial score (nSPS) is 10.6. The van der Waals surface area contributed by atoms with Crippen LogP contribution in [0.15, 0.2) is 60.7 Å². The number of methoxy groups -OCH3 is 5. The number of rotatable bonds is 10. The largest absolute Gasteiger partial charge is 0.497 e. The predicted molar refractivity (Wildman–Crippen MR) is 126 cm³/mol. The highest BCUT2D eigenvalue weighted by Crippen LogP contribution is 2.42. The number of ether oxygens (including phenoxy) is 6. The van der Waals surface area contributed by atoms with E-state index in [2.05, 4.69) is 0 Å². The van der Waals surface area contributed by atoms with E-state index in [0.29, 0.717) is 40.1 Å². The molecule has 0 radical (unpaired) electrons. The van der Waals surface area contributed by atoms with E-state index in [4.69, 9.17) is 28.4 Å². The summed E-state index contributed by atoms with van der Waals surface area (Å²) >= 11 is 0. The van der Waals surface area contributed by atoms with E-state index < -0.39 is 0 Å². The van der Waals surface area contributed by atoms with Gasteiger partial charge in [0.15, 0.2) is 17.3 Å². The second kappa shape index (κ2) is 10.9. The summed E-state index contributed by atoms with van der Waals surface area (Å²) in [5.41, 5.74) is 1.24. The van der Waals surface area contributed by atoms with Crippen molar-refractivity contribution in [3.8, 4) is 40.2 Å². The van der Waals surface area contributed by atoms with Gasteiger partial charge in [-0.2, -0.15) is 0 Å². The highest BCUT2D eigenvalue weighted by Gasteiger charge is 2.17. The lowest BCUT2D eigenvalue weighted by atomic mass is 10.1. The van der Waals surface area contributed by atoms with Gasteiger partial charge in [-0.1, -0.05) is 18.2 Å². The van der Waals surface area contributed by atoms with Crippen molar-refractivity contribution in [1.29, 1.82) is 0 Å². The molecule has 0 heterocycles. The lowest BCUT2D eigenvalue weighted by Crippen LogP contribution is -2.01. The third kappa shape index (κ3) is 5.57. The van der Waals surface area contributed by atoms with E-state index in [1.165, 1.54) is 27.4 Å². The van der Waals surface area contributed by atoms with Crippen LogP contribution in [0.2, 0.25) is 0 Å². The van der Waals surface area contributed by atoms with Crippen LogP contribution in [-0.4, -0.2) is 41.3 Å². The predicted octanol–water partition coefficient (Wildman–Crippen LogP) is 5.42. The standard InChI is InChI=1S/C26H26O7/c1-28-18-9-6-17(7-10-18)8-13-22(27)21-12-11-19(29-2)14-23(21)33-20-15-24(30-3)26(32-5)25(16-20)31-4/h6-16H,1-5H3/b13-8+. The number of hydrogen-bond donors (Lipinski definition) is 0. The second-order valence-electron chi connectivity index (χ2n) is 6.80. The van der Waals surface area contributed by atoms with Gasteiger partial charge in [0.25, 0.3) is 0 Å². The molecule has 0 spiro atoms. The minimum atomic E-state index is -0.226. The average molecular weight is 450 g/mol. The summed E-state index contributed by atoms with van der Waals surface area (Å²) in [6.45, 7) is 0.